The molecule has 118 valence electrons. The number of fused-ring (bicyclic) bond motifs is 5. The van der Waals surface area contributed by atoms with E-state index >= 15 is 0 Å². The molecule has 0 bridgehead atoms. The predicted molar refractivity (Wildman–Crippen MR) is 91.6 cm³/mol. The number of hydrogen-bond donors (Lipinski definition) is 2. The van der Waals surface area contributed by atoms with E-state index in [2.05, 4.69) is 17.4 Å². The summed E-state index contributed by atoms with van der Waals surface area (Å²) < 4.78 is 0. The Kier molecular flexibility index (Phi) is 3.51. The van der Waals surface area contributed by atoms with Crippen molar-refractivity contribution in [1.82, 2.24) is 0 Å². The minimum atomic E-state index is -0.832. The van der Waals surface area contributed by atoms with Crippen LogP contribution in [-0.2, 0) is 11.2 Å². The van der Waals surface area contributed by atoms with Gasteiger partial charge in [-0.3, -0.25) is 0 Å². The lowest BCUT2D eigenvalue weighted by molar-refractivity contribution is -0.139. The molecule has 2 aliphatic rings. The molecule has 5 heteroatoms. The summed E-state index contributed by atoms with van der Waals surface area (Å²) in [4.78, 5) is 11.8. The van der Waals surface area contributed by atoms with E-state index in [-0.39, 0.29) is 11.8 Å². The molecule has 0 spiro atoms. The van der Waals surface area contributed by atoms with Crippen molar-refractivity contribution >= 4 is 34.9 Å². The van der Waals surface area contributed by atoms with Gasteiger partial charge in [-0.2, -0.15) is 0 Å². The fourth-order valence-electron chi connectivity index (χ4n) is 4.05. The maximum Gasteiger partial charge on any atom is 0.326 e. The van der Waals surface area contributed by atoms with Crippen molar-refractivity contribution in [2.75, 3.05) is 5.32 Å². The molecule has 0 radical (unpaired) electrons. The van der Waals surface area contributed by atoms with Crippen LogP contribution in [0.4, 0.5) is 5.69 Å². The summed E-state index contributed by atoms with van der Waals surface area (Å²) in [6, 6.07) is 11.1. The topological polar surface area (TPSA) is 49.3 Å². The molecule has 0 fully saturated rings. The molecule has 23 heavy (non-hydrogen) atoms. The molecule has 0 aromatic heterocycles. The zero-order chi connectivity index (χ0) is 16.1. The van der Waals surface area contributed by atoms with Crippen molar-refractivity contribution in [2.45, 2.75) is 24.8 Å². The molecule has 3 atom stereocenters. The van der Waals surface area contributed by atoms with E-state index in [9.17, 15) is 9.90 Å². The van der Waals surface area contributed by atoms with Gasteiger partial charge in [-0.15, -0.1) is 0 Å². The molecular formula is C18H15Cl2NO2. The Morgan fingerprint density at radius 3 is 2.78 bits per heavy atom. The number of anilines is 1. The highest BCUT2D eigenvalue weighted by atomic mass is 35.5. The first-order valence-corrected chi connectivity index (χ1v) is 8.38. The van der Waals surface area contributed by atoms with Gasteiger partial charge in [0.15, 0.2) is 0 Å². The number of carbonyl (C=O) groups is 1. The number of aliphatic carboxylic acids is 1. The van der Waals surface area contributed by atoms with Gasteiger partial charge < -0.3 is 10.4 Å². The van der Waals surface area contributed by atoms with Gasteiger partial charge in [0.2, 0.25) is 0 Å². The second kappa shape index (κ2) is 5.43. The molecule has 0 saturated carbocycles. The van der Waals surface area contributed by atoms with Gasteiger partial charge in [0.05, 0.1) is 0 Å². The van der Waals surface area contributed by atoms with E-state index in [1.54, 1.807) is 12.1 Å². The first kappa shape index (κ1) is 14.9. The average molecular weight is 348 g/mol. The minimum absolute atomic E-state index is 0.0120. The van der Waals surface area contributed by atoms with Crippen LogP contribution in [0, 0.1) is 5.92 Å². The van der Waals surface area contributed by atoms with E-state index < -0.39 is 12.0 Å². The highest BCUT2D eigenvalue weighted by molar-refractivity contribution is 6.35. The molecule has 2 N–H and O–H groups in total. The number of hydrogen-bond acceptors (Lipinski definition) is 2. The third-order valence-electron chi connectivity index (χ3n) is 4.98. The van der Waals surface area contributed by atoms with Gasteiger partial charge in [-0.05, 0) is 36.1 Å². The van der Waals surface area contributed by atoms with E-state index in [4.69, 9.17) is 23.2 Å². The first-order chi connectivity index (χ1) is 11.1. The summed E-state index contributed by atoms with van der Waals surface area (Å²) in [5.41, 5.74) is 4.15. The van der Waals surface area contributed by atoms with Gasteiger partial charge in [-0.25, -0.2) is 4.79 Å². The van der Waals surface area contributed by atoms with Crippen LogP contribution in [0.2, 0.25) is 10.0 Å². The summed E-state index contributed by atoms with van der Waals surface area (Å²) in [5, 5.41) is 13.9. The zero-order valence-electron chi connectivity index (χ0n) is 12.2. The summed E-state index contributed by atoms with van der Waals surface area (Å²) in [7, 11) is 0. The Morgan fingerprint density at radius 2 is 2.00 bits per heavy atom. The summed E-state index contributed by atoms with van der Waals surface area (Å²) in [6.45, 7) is 0. The second-order valence-corrected chi connectivity index (χ2v) is 7.03. The van der Waals surface area contributed by atoms with Crippen molar-refractivity contribution < 1.29 is 9.90 Å². The van der Waals surface area contributed by atoms with Gasteiger partial charge in [0, 0.05) is 33.1 Å². The van der Waals surface area contributed by atoms with E-state index in [0.29, 0.717) is 10.0 Å². The number of carboxylic acid groups (broad SMARTS) is 1. The summed E-state index contributed by atoms with van der Waals surface area (Å²) >= 11 is 12.6. The molecule has 1 aliphatic heterocycles. The molecule has 2 aromatic carbocycles. The zero-order valence-corrected chi connectivity index (χ0v) is 13.7. The molecule has 3 nitrogen and oxygen atoms in total. The Morgan fingerprint density at radius 1 is 1.22 bits per heavy atom. The van der Waals surface area contributed by atoms with Crippen LogP contribution < -0.4 is 5.32 Å². The smallest absolute Gasteiger partial charge is 0.326 e. The Balaban J connectivity index is 1.97. The summed E-state index contributed by atoms with van der Waals surface area (Å²) in [6.07, 6.45) is 1.72. The van der Waals surface area contributed by atoms with Crippen molar-refractivity contribution in [1.29, 1.82) is 0 Å². The van der Waals surface area contributed by atoms with Crippen LogP contribution in [0.1, 0.15) is 29.0 Å². The van der Waals surface area contributed by atoms with Crippen LogP contribution in [0.15, 0.2) is 36.4 Å². The average Bonchev–Trinajstić information content (AvgIpc) is 2.52. The highest BCUT2D eigenvalue weighted by Gasteiger charge is 2.44. The highest BCUT2D eigenvalue weighted by Crippen LogP contribution is 2.51. The lowest BCUT2D eigenvalue weighted by Gasteiger charge is -2.43. The van der Waals surface area contributed by atoms with Gasteiger partial charge in [-0.1, -0.05) is 47.5 Å². The molecule has 0 saturated heterocycles. The van der Waals surface area contributed by atoms with Crippen LogP contribution in [-0.4, -0.2) is 17.1 Å². The Bertz CT molecular complexity index is 806. The maximum absolute atomic E-state index is 11.8. The number of benzene rings is 2. The van der Waals surface area contributed by atoms with Crippen molar-refractivity contribution in [3.05, 3.63) is 63.1 Å². The fraction of sp³-hybridized carbons (Fsp3) is 0.278. The molecule has 1 heterocycles. The minimum Gasteiger partial charge on any atom is -0.480 e. The van der Waals surface area contributed by atoms with Gasteiger partial charge >= 0.3 is 5.97 Å². The van der Waals surface area contributed by atoms with E-state index in [0.717, 1.165) is 24.1 Å². The Labute approximate surface area is 144 Å². The maximum atomic E-state index is 11.8. The molecule has 2 aromatic rings. The number of carboxylic acids is 1. The van der Waals surface area contributed by atoms with Crippen molar-refractivity contribution in [2.24, 2.45) is 5.92 Å². The normalized spacial score (nSPS) is 24.9. The largest absolute Gasteiger partial charge is 0.480 e. The lowest BCUT2D eigenvalue weighted by atomic mass is 9.67. The quantitative estimate of drug-likeness (QED) is 0.794. The Hall–Kier alpha value is -1.71. The predicted octanol–water partition coefficient (Wildman–Crippen LogP) is 4.57. The third kappa shape index (κ3) is 2.30. The number of aryl methyl sites for hydroxylation is 1. The third-order valence-corrected chi connectivity index (χ3v) is 5.51. The van der Waals surface area contributed by atoms with E-state index in [1.165, 1.54) is 11.1 Å². The van der Waals surface area contributed by atoms with Crippen molar-refractivity contribution in [3.8, 4) is 0 Å². The molecular weight excluding hydrogens is 333 g/mol. The molecule has 3 unspecified atom stereocenters. The lowest BCUT2D eigenvalue weighted by Crippen LogP contribution is -2.45. The monoisotopic (exact) mass is 347 g/mol. The van der Waals surface area contributed by atoms with Crippen LogP contribution >= 0.6 is 23.2 Å². The van der Waals surface area contributed by atoms with Crippen molar-refractivity contribution in [3.63, 3.8) is 0 Å². The first-order valence-electron chi connectivity index (χ1n) is 7.62. The SMILES string of the molecule is O=C(O)C1Nc2cc(Cl)cc(Cl)c2C2c3ccccc3CCC12. The van der Waals surface area contributed by atoms with Crippen LogP contribution in [0.25, 0.3) is 0 Å². The van der Waals surface area contributed by atoms with Gasteiger partial charge in [0.1, 0.15) is 6.04 Å². The number of rotatable bonds is 1. The van der Waals surface area contributed by atoms with Crippen LogP contribution in [0.3, 0.4) is 0 Å². The second-order valence-electron chi connectivity index (χ2n) is 6.19. The molecule has 1 aliphatic carbocycles. The molecule has 0 amide bonds. The fourth-order valence-corrected chi connectivity index (χ4v) is 4.66. The van der Waals surface area contributed by atoms with Gasteiger partial charge in [0.25, 0.3) is 0 Å². The standard InChI is InChI=1S/C18H15Cl2NO2/c19-10-7-13(20)16-14(8-10)21-17(18(22)23)12-6-5-9-3-1-2-4-11(9)15(12)16/h1-4,7-8,12,15,17,21H,5-6H2,(H,22,23). The number of nitrogens with one attached hydrogen (secondary N) is 1. The summed E-state index contributed by atoms with van der Waals surface area (Å²) in [5.74, 6) is -0.864. The number of halogens is 2. The van der Waals surface area contributed by atoms with Crippen LogP contribution in [0.5, 0.6) is 0 Å². The molecule has 4 rings (SSSR count). The van der Waals surface area contributed by atoms with E-state index in [1.807, 2.05) is 12.1 Å².